The van der Waals surface area contributed by atoms with Gasteiger partial charge in [-0.15, -0.1) is 30.0 Å². The Kier molecular flexibility index (Phi) is 7.65. The second kappa shape index (κ2) is 10.8. The molecule has 3 unspecified atom stereocenters. The number of amides is 2. The minimum atomic E-state index is -0.858. The van der Waals surface area contributed by atoms with Crippen LogP contribution in [0.5, 0.6) is 0 Å². The molecule has 2 amide bonds. The number of carbonyl (C=O) groups is 3. The third-order valence-corrected chi connectivity index (χ3v) is 10.8. The molecule has 1 aromatic heterocycles. The van der Waals surface area contributed by atoms with Gasteiger partial charge < -0.3 is 19.6 Å². The van der Waals surface area contributed by atoms with Crippen molar-refractivity contribution < 1.29 is 24.2 Å². The number of ether oxygens (including phenoxy) is 1. The lowest BCUT2D eigenvalue weighted by Crippen LogP contribution is -2.56. The number of benzene rings is 1. The van der Waals surface area contributed by atoms with Crippen molar-refractivity contribution in [1.29, 1.82) is 0 Å². The number of hydrogen-bond donors (Lipinski definition) is 1. The van der Waals surface area contributed by atoms with E-state index in [0.29, 0.717) is 18.4 Å². The van der Waals surface area contributed by atoms with Crippen molar-refractivity contribution in [3.8, 4) is 0 Å². The average Bonchev–Trinajstić information content (AvgIpc) is 3.62. The largest absolute Gasteiger partial charge is 0.465 e. The van der Waals surface area contributed by atoms with Gasteiger partial charge in [-0.3, -0.25) is 14.4 Å². The van der Waals surface area contributed by atoms with Gasteiger partial charge in [-0.05, 0) is 25.0 Å². The molecular formula is C26H30BrN5O5S. The first-order valence-electron chi connectivity index (χ1n) is 12.6. The number of thioether (sulfide) groups is 1. The van der Waals surface area contributed by atoms with E-state index in [0.717, 1.165) is 5.52 Å². The van der Waals surface area contributed by atoms with Gasteiger partial charge in [0.15, 0.2) is 0 Å². The smallest absolute Gasteiger partial charge is 0.310 e. The monoisotopic (exact) mass is 603 g/mol. The summed E-state index contributed by atoms with van der Waals surface area (Å²) in [7, 11) is 0. The van der Waals surface area contributed by atoms with Crippen LogP contribution in [0.2, 0.25) is 0 Å². The zero-order valence-corrected chi connectivity index (χ0v) is 23.2. The number of alkyl halides is 1. The topological polar surface area (TPSA) is 118 Å². The number of fused-ring (bicyclic) bond motifs is 2. The minimum Gasteiger partial charge on any atom is -0.465 e. The van der Waals surface area contributed by atoms with Crippen molar-refractivity contribution >= 4 is 56.5 Å². The number of esters is 1. The number of aliphatic hydroxyl groups excluding tert-OH is 1. The highest BCUT2D eigenvalue weighted by Gasteiger charge is 2.76. The molecule has 4 heterocycles. The summed E-state index contributed by atoms with van der Waals surface area (Å²) >= 11 is 5.26. The van der Waals surface area contributed by atoms with Gasteiger partial charge in [0.25, 0.3) is 0 Å². The number of hydrogen-bond acceptors (Lipinski definition) is 8. The molecule has 10 nitrogen and oxygen atoms in total. The highest BCUT2D eigenvalue weighted by Crippen LogP contribution is 2.68. The SMILES string of the molecule is C=CCCOC(=O)[C@H]1[C@H]2C(=O)N(CCO)C(C(=O)N(CC=C)Cn3nnc4ccccc43)C23CC(Br)[C@@H]1S3. The second-order valence-corrected chi connectivity index (χ2v) is 12.4. The second-order valence-electron chi connectivity index (χ2n) is 9.73. The molecule has 0 radical (unpaired) electrons. The number of halogens is 1. The van der Waals surface area contributed by atoms with Gasteiger partial charge in [0, 0.05) is 23.2 Å². The quantitative estimate of drug-likeness (QED) is 0.179. The molecule has 1 N–H and O–H groups in total. The van der Waals surface area contributed by atoms with E-state index in [4.69, 9.17) is 4.74 Å². The Labute approximate surface area is 233 Å². The molecule has 3 aliphatic heterocycles. The summed E-state index contributed by atoms with van der Waals surface area (Å²) in [6, 6.07) is 6.61. The van der Waals surface area contributed by atoms with Gasteiger partial charge in [0.05, 0.1) is 35.3 Å². The molecule has 0 aliphatic carbocycles. The van der Waals surface area contributed by atoms with E-state index in [1.165, 1.54) is 16.7 Å². The normalized spacial score (nSPS) is 29.5. The van der Waals surface area contributed by atoms with E-state index >= 15 is 0 Å². The average molecular weight is 605 g/mol. The van der Waals surface area contributed by atoms with Gasteiger partial charge in [-0.1, -0.05) is 45.4 Å². The highest BCUT2D eigenvalue weighted by atomic mass is 79.9. The lowest BCUT2D eigenvalue weighted by molar-refractivity contribution is -0.154. The number of para-hydroxylation sites is 1. The molecule has 3 fully saturated rings. The number of aliphatic hydroxyl groups is 1. The van der Waals surface area contributed by atoms with Crippen molar-refractivity contribution in [2.24, 2.45) is 11.8 Å². The first-order chi connectivity index (χ1) is 18.4. The molecule has 2 bridgehead atoms. The van der Waals surface area contributed by atoms with Crippen molar-refractivity contribution in [3.63, 3.8) is 0 Å². The first-order valence-corrected chi connectivity index (χ1v) is 14.4. The van der Waals surface area contributed by atoms with Crippen LogP contribution in [-0.4, -0.2) is 94.9 Å². The van der Waals surface area contributed by atoms with E-state index in [-0.39, 0.29) is 54.9 Å². The van der Waals surface area contributed by atoms with Gasteiger partial charge in [0.1, 0.15) is 18.2 Å². The Morgan fingerprint density at radius 2 is 2.11 bits per heavy atom. The summed E-state index contributed by atoms with van der Waals surface area (Å²) < 4.78 is 6.34. The molecule has 202 valence electrons. The summed E-state index contributed by atoms with van der Waals surface area (Å²) in [5.41, 5.74) is 1.49. The number of carbonyl (C=O) groups excluding carboxylic acids is 3. The van der Waals surface area contributed by atoms with Crippen LogP contribution in [0.3, 0.4) is 0 Å². The van der Waals surface area contributed by atoms with E-state index in [2.05, 4.69) is 39.4 Å². The number of β-amino-alcohol motifs (C(OH)–C–C–N with tert-alkyl or cyclic N) is 1. The van der Waals surface area contributed by atoms with Crippen LogP contribution in [0.25, 0.3) is 11.0 Å². The third-order valence-electron chi connectivity index (χ3n) is 7.59. The molecule has 3 saturated heterocycles. The summed E-state index contributed by atoms with van der Waals surface area (Å²) in [6.45, 7) is 7.72. The molecule has 3 aliphatic rings. The maximum atomic E-state index is 14.3. The molecule has 1 aromatic carbocycles. The Hall–Kier alpha value is -2.70. The van der Waals surface area contributed by atoms with Crippen molar-refractivity contribution in [3.05, 3.63) is 49.6 Å². The van der Waals surface area contributed by atoms with Crippen LogP contribution in [0.1, 0.15) is 12.8 Å². The highest BCUT2D eigenvalue weighted by molar-refractivity contribution is 9.09. The summed E-state index contributed by atoms with van der Waals surface area (Å²) in [6.07, 6.45) is 4.36. The van der Waals surface area contributed by atoms with Crippen molar-refractivity contribution in [2.45, 2.75) is 40.4 Å². The van der Waals surface area contributed by atoms with Crippen molar-refractivity contribution in [2.75, 3.05) is 26.3 Å². The van der Waals surface area contributed by atoms with Gasteiger partial charge in [0.2, 0.25) is 11.8 Å². The van der Waals surface area contributed by atoms with E-state index < -0.39 is 28.6 Å². The number of likely N-dealkylation sites (tertiary alicyclic amines) is 1. The number of aromatic nitrogens is 3. The predicted molar refractivity (Wildman–Crippen MR) is 146 cm³/mol. The number of rotatable bonds is 11. The molecule has 5 rings (SSSR count). The maximum Gasteiger partial charge on any atom is 0.310 e. The Balaban J connectivity index is 1.49. The lowest BCUT2D eigenvalue weighted by atomic mass is 9.71. The molecule has 6 atom stereocenters. The Morgan fingerprint density at radius 3 is 2.84 bits per heavy atom. The number of nitrogens with zero attached hydrogens (tertiary/aromatic N) is 5. The van der Waals surface area contributed by atoms with Gasteiger partial charge in [-0.25, -0.2) is 4.68 Å². The zero-order valence-electron chi connectivity index (χ0n) is 20.8. The van der Waals surface area contributed by atoms with Crippen molar-refractivity contribution in [1.82, 2.24) is 24.8 Å². The van der Waals surface area contributed by atoms with Gasteiger partial charge >= 0.3 is 5.97 Å². The maximum absolute atomic E-state index is 14.3. The van der Waals surface area contributed by atoms with E-state index in [1.54, 1.807) is 21.7 Å². The van der Waals surface area contributed by atoms with Crippen LogP contribution in [0.4, 0.5) is 0 Å². The Morgan fingerprint density at radius 1 is 1.32 bits per heavy atom. The lowest BCUT2D eigenvalue weighted by Gasteiger charge is -2.37. The fourth-order valence-corrected chi connectivity index (χ4v) is 9.69. The molecule has 1 spiro atoms. The summed E-state index contributed by atoms with van der Waals surface area (Å²) in [5, 5.41) is 18.1. The van der Waals surface area contributed by atoms with E-state index in [1.807, 2.05) is 24.3 Å². The van der Waals surface area contributed by atoms with Gasteiger partial charge in [-0.2, -0.15) is 0 Å². The van der Waals surface area contributed by atoms with Crippen LogP contribution in [-0.2, 0) is 25.8 Å². The van der Waals surface area contributed by atoms with Crippen LogP contribution in [0, 0.1) is 11.8 Å². The molecule has 2 aromatic rings. The summed E-state index contributed by atoms with van der Waals surface area (Å²) in [5.74, 6) is -2.38. The fourth-order valence-electron chi connectivity index (χ4n) is 6.10. The zero-order chi connectivity index (χ0) is 27.0. The Bertz CT molecular complexity index is 1270. The van der Waals surface area contributed by atoms with Crippen LogP contribution in [0.15, 0.2) is 49.6 Å². The summed E-state index contributed by atoms with van der Waals surface area (Å²) in [4.78, 5) is 44.4. The third kappa shape index (κ3) is 4.26. The van der Waals surface area contributed by atoms with Crippen LogP contribution >= 0.6 is 27.7 Å². The molecular weight excluding hydrogens is 574 g/mol. The van der Waals surface area contributed by atoms with E-state index in [9.17, 15) is 19.5 Å². The molecule has 38 heavy (non-hydrogen) atoms. The minimum absolute atomic E-state index is 0.00190. The molecule has 0 saturated carbocycles. The fraction of sp³-hybridized carbons (Fsp3) is 0.500. The molecule has 12 heteroatoms. The predicted octanol–water partition coefficient (Wildman–Crippen LogP) is 1.98. The van der Waals surface area contributed by atoms with Crippen LogP contribution < -0.4 is 0 Å². The first kappa shape index (κ1) is 26.9. The standard InChI is InChI=1S/C26H30BrN5O5S/c1-3-5-13-37-25(36)19-20-23(34)31(11-12-33)22(26(20)14-16(27)21(19)38-26)24(35)30(10-4-2)15-32-18-9-7-6-8-17(18)28-29-32/h3-4,6-9,16,19-22,33H,1-2,5,10-15H2/t16?,19-,20-,21-,22?,26?/m0/s1.